The standard InChI is InChI=1S/C34H35N3O4S/c1-35(2)33(39)28-22-37(20-25-13-9-10-14-29(25)41-5)34-30(31(28)38)27(21-36(3)19-23-11-7-6-8-12-23)32(42-34)24-15-17-26(40-4)18-16-24/h6-18,22H,19-21H2,1-5H3. The second-order valence-corrected chi connectivity index (χ2v) is 11.5. The molecule has 0 saturated carbocycles. The van der Waals surface area contributed by atoms with Gasteiger partial charge in [0.25, 0.3) is 5.91 Å². The van der Waals surface area contributed by atoms with Crippen molar-refractivity contribution < 1.29 is 14.3 Å². The minimum Gasteiger partial charge on any atom is -0.497 e. The molecular weight excluding hydrogens is 546 g/mol. The van der Waals surface area contributed by atoms with Gasteiger partial charge < -0.3 is 18.9 Å². The van der Waals surface area contributed by atoms with Gasteiger partial charge in [0.2, 0.25) is 5.43 Å². The van der Waals surface area contributed by atoms with Crippen LogP contribution < -0.4 is 14.9 Å². The van der Waals surface area contributed by atoms with Crippen LogP contribution in [-0.2, 0) is 19.6 Å². The van der Waals surface area contributed by atoms with Crippen LogP contribution in [0.1, 0.15) is 27.0 Å². The first kappa shape index (κ1) is 29.1. The molecule has 42 heavy (non-hydrogen) atoms. The van der Waals surface area contributed by atoms with Crippen LogP contribution in [-0.4, -0.2) is 55.6 Å². The zero-order valence-corrected chi connectivity index (χ0v) is 25.4. The molecule has 0 unspecified atom stereocenters. The Morgan fingerprint density at radius 2 is 1.55 bits per heavy atom. The van der Waals surface area contributed by atoms with Gasteiger partial charge in [-0.1, -0.05) is 48.5 Å². The number of pyridine rings is 1. The lowest BCUT2D eigenvalue weighted by Crippen LogP contribution is -2.29. The van der Waals surface area contributed by atoms with E-state index in [-0.39, 0.29) is 16.9 Å². The van der Waals surface area contributed by atoms with E-state index < -0.39 is 0 Å². The summed E-state index contributed by atoms with van der Waals surface area (Å²) in [5, 5.41) is 0.577. The van der Waals surface area contributed by atoms with E-state index in [2.05, 4.69) is 24.1 Å². The zero-order valence-electron chi connectivity index (χ0n) is 24.6. The molecule has 216 valence electrons. The third-order valence-electron chi connectivity index (χ3n) is 7.25. The number of ether oxygens (including phenoxy) is 2. The maximum atomic E-state index is 14.2. The number of amides is 1. The summed E-state index contributed by atoms with van der Waals surface area (Å²) in [5.41, 5.74) is 3.93. The minimum atomic E-state index is -0.323. The summed E-state index contributed by atoms with van der Waals surface area (Å²) in [4.78, 5) is 33.0. The molecule has 3 aromatic carbocycles. The number of carbonyl (C=O) groups is 1. The van der Waals surface area contributed by atoms with Gasteiger partial charge in [-0.25, -0.2) is 0 Å². The fourth-order valence-corrected chi connectivity index (χ4v) is 6.46. The molecule has 0 N–H and O–H groups in total. The summed E-state index contributed by atoms with van der Waals surface area (Å²) in [6.45, 7) is 1.68. The molecule has 0 aliphatic rings. The van der Waals surface area contributed by atoms with E-state index in [0.29, 0.717) is 25.0 Å². The van der Waals surface area contributed by atoms with Crippen molar-refractivity contribution in [2.24, 2.45) is 0 Å². The number of hydrogen-bond donors (Lipinski definition) is 0. The molecule has 0 bridgehead atoms. The van der Waals surface area contributed by atoms with Gasteiger partial charge in [0.15, 0.2) is 0 Å². The Kier molecular flexibility index (Phi) is 8.75. The first-order valence-corrected chi connectivity index (χ1v) is 14.5. The highest BCUT2D eigenvalue weighted by Gasteiger charge is 2.25. The number of hydrogen-bond acceptors (Lipinski definition) is 6. The number of rotatable bonds is 10. The molecule has 0 aliphatic carbocycles. The number of aromatic nitrogens is 1. The van der Waals surface area contributed by atoms with E-state index in [4.69, 9.17) is 9.47 Å². The third-order valence-corrected chi connectivity index (χ3v) is 8.57. The number of carbonyl (C=O) groups excluding carboxylic acids is 1. The van der Waals surface area contributed by atoms with Gasteiger partial charge >= 0.3 is 0 Å². The maximum absolute atomic E-state index is 14.2. The highest BCUT2D eigenvalue weighted by molar-refractivity contribution is 7.22. The predicted octanol–water partition coefficient (Wildman–Crippen LogP) is 6.13. The van der Waals surface area contributed by atoms with E-state index in [9.17, 15) is 9.59 Å². The van der Waals surface area contributed by atoms with Crippen molar-refractivity contribution in [1.29, 1.82) is 0 Å². The summed E-state index contributed by atoms with van der Waals surface area (Å²) in [5.74, 6) is 1.19. The average molecular weight is 582 g/mol. The Labute approximate surface area is 250 Å². The van der Waals surface area contributed by atoms with Crippen LogP contribution in [0.3, 0.4) is 0 Å². The molecule has 5 rings (SSSR count). The molecule has 5 aromatic rings. The fourth-order valence-electron chi connectivity index (χ4n) is 5.17. The molecular formula is C34H35N3O4S. The number of benzene rings is 3. The number of methoxy groups -OCH3 is 2. The summed E-state index contributed by atoms with van der Waals surface area (Å²) in [7, 11) is 8.68. The Hall–Kier alpha value is -4.40. The molecule has 8 heteroatoms. The van der Waals surface area contributed by atoms with Crippen LogP contribution in [0.15, 0.2) is 89.9 Å². The van der Waals surface area contributed by atoms with Crippen molar-refractivity contribution in [1.82, 2.24) is 14.4 Å². The van der Waals surface area contributed by atoms with Crippen LogP contribution in [0.25, 0.3) is 20.7 Å². The third kappa shape index (κ3) is 5.95. The topological polar surface area (TPSA) is 64.0 Å². The fraction of sp³-hybridized carbons (Fsp3) is 0.235. The molecule has 0 radical (unpaired) electrons. The summed E-state index contributed by atoms with van der Waals surface area (Å²) < 4.78 is 13.1. The second kappa shape index (κ2) is 12.6. The number of fused-ring (bicyclic) bond motifs is 1. The zero-order chi connectivity index (χ0) is 29.8. The SMILES string of the molecule is COc1ccc(-c2sc3c(c2CN(C)Cc2ccccc2)c(=O)c(C(=O)N(C)C)cn3Cc2ccccc2OC)cc1. The van der Waals surface area contributed by atoms with Gasteiger partial charge in [-0.05, 0) is 54.1 Å². The highest BCUT2D eigenvalue weighted by Crippen LogP contribution is 2.39. The normalized spacial score (nSPS) is 11.2. The van der Waals surface area contributed by atoms with E-state index >= 15 is 0 Å². The smallest absolute Gasteiger partial charge is 0.258 e. The Bertz CT molecular complexity index is 1760. The van der Waals surface area contributed by atoms with Gasteiger partial charge in [0.1, 0.15) is 21.9 Å². The van der Waals surface area contributed by atoms with Crippen LogP contribution in [0.4, 0.5) is 0 Å². The largest absolute Gasteiger partial charge is 0.497 e. The molecule has 1 amide bonds. The Balaban J connectivity index is 1.74. The van der Waals surface area contributed by atoms with E-state index in [1.165, 1.54) is 10.5 Å². The summed E-state index contributed by atoms with van der Waals surface area (Å²) in [6, 6.07) is 26.0. The van der Waals surface area contributed by atoms with Crippen LogP contribution in [0, 0.1) is 0 Å². The first-order chi connectivity index (χ1) is 20.3. The molecule has 0 saturated heterocycles. The summed E-state index contributed by atoms with van der Waals surface area (Å²) >= 11 is 1.57. The monoisotopic (exact) mass is 581 g/mol. The van der Waals surface area contributed by atoms with Crippen LogP contribution >= 0.6 is 11.3 Å². The Morgan fingerprint density at radius 3 is 2.21 bits per heavy atom. The second-order valence-electron chi connectivity index (χ2n) is 10.5. The lowest BCUT2D eigenvalue weighted by Gasteiger charge is -2.18. The molecule has 7 nitrogen and oxygen atoms in total. The van der Waals surface area contributed by atoms with Crippen molar-refractivity contribution in [3.8, 4) is 21.9 Å². The van der Waals surface area contributed by atoms with Crippen molar-refractivity contribution in [3.05, 3.63) is 118 Å². The van der Waals surface area contributed by atoms with Crippen LogP contribution in [0.2, 0.25) is 0 Å². The van der Waals surface area contributed by atoms with E-state index in [0.717, 1.165) is 37.9 Å². The first-order valence-electron chi connectivity index (χ1n) is 13.7. The van der Waals surface area contributed by atoms with Crippen molar-refractivity contribution in [3.63, 3.8) is 0 Å². The summed E-state index contributed by atoms with van der Waals surface area (Å²) in [6.07, 6.45) is 1.70. The maximum Gasteiger partial charge on any atom is 0.258 e. The predicted molar refractivity (Wildman–Crippen MR) is 170 cm³/mol. The molecule has 2 heterocycles. The molecule has 0 atom stereocenters. The Morgan fingerprint density at radius 1 is 0.857 bits per heavy atom. The quantitative estimate of drug-likeness (QED) is 0.199. The molecule has 0 fully saturated rings. The van der Waals surface area contributed by atoms with E-state index in [1.54, 1.807) is 45.8 Å². The lowest BCUT2D eigenvalue weighted by atomic mass is 10.0. The van der Waals surface area contributed by atoms with Crippen molar-refractivity contribution in [2.45, 2.75) is 19.6 Å². The van der Waals surface area contributed by atoms with Crippen molar-refractivity contribution in [2.75, 3.05) is 35.4 Å². The van der Waals surface area contributed by atoms with Gasteiger partial charge in [-0.15, -0.1) is 11.3 Å². The molecule has 0 spiro atoms. The molecule has 2 aromatic heterocycles. The van der Waals surface area contributed by atoms with Gasteiger partial charge in [-0.3, -0.25) is 14.5 Å². The lowest BCUT2D eigenvalue weighted by molar-refractivity contribution is 0.0826. The van der Waals surface area contributed by atoms with Crippen molar-refractivity contribution >= 4 is 27.5 Å². The average Bonchev–Trinajstić information content (AvgIpc) is 3.38. The number of thiophene rings is 1. The minimum absolute atomic E-state index is 0.147. The molecule has 0 aliphatic heterocycles. The van der Waals surface area contributed by atoms with Gasteiger partial charge in [0, 0.05) is 43.8 Å². The van der Waals surface area contributed by atoms with Gasteiger partial charge in [-0.2, -0.15) is 0 Å². The highest BCUT2D eigenvalue weighted by atomic mass is 32.1. The van der Waals surface area contributed by atoms with Gasteiger partial charge in [0.05, 0.1) is 26.2 Å². The number of para-hydroxylation sites is 1. The van der Waals surface area contributed by atoms with E-state index in [1.807, 2.05) is 71.3 Å². The van der Waals surface area contributed by atoms with Crippen LogP contribution in [0.5, 0.6) is 11.5 Å². The number of nitrogens with zero attached hydrogens (tertiary/aromatic N) is 3.